The van der Waals surface area contributed by atoms with Crippen LogP contribution in [0.1, 0.15) is 30.4 Å². The van der Waals surface area contributed by atoms with Gasteiger partial charge in [0.25, 0.3) is 0 Å². The zero-order valence-electron chi connectivity index (χ0n) is 17.7. The summed E-state index contributed by atoms with van der Waals surface area (Å²) < 4.78 is 0. The summed E-state index contributed by atoms with van der Waals surface area (Å²) >= 11 is 0. The van der Waals surface area contributed by atoms with Crippen LogP contribution in [0.3, 0.4) is 0 Å². The van der Waals surface area contributed by atoms with Gasteiger partial charge in [-0.15, -0.1) is 24.0 Å². The number of rotatable bonds is 4. The fourth-order valence-corrected chi connectivity index (χ4v) is 4.61. The molecule has 28 heavy (non-hydrogen) atoms. The van der Waals surface area contributed by atoms with Crippen molar-refractivity contribution in [1.29, 1.82) is 0 Å². The monoisotopic (exact) mass is 497 g/mol. The van der Waals surface area contributed by atoms with Crippen LogP contribution in [-0.4, -0.2) is 74.7 Å². The van der Waals surface area contributed by atoms with E-state index in [4.69, 9.17) is 0 Å². The van der Waals surface area contributed by atoms with Gasteiger partial charge in [-0.3, -0.25) is 4.99 Å². The van der Waals surface area contributed by atoms with E-state index in [1.54, 1.807) is 0 Å². The average Bonchev–Trinajstić information content (AvgIpc) is 3.44. The molecule has 1 aliphatic carbocycles. The molecule has 2 saturated heterocycles. The summed E-state index contributed by atoms with van der Waals surface area (Å²) in [6.07, 6.45) is 4.18. The molecule has 1 N–H and O–H groups in total. The molecular formula is C22H36IN5. The van der Waals surface area contributed by atoms with Gasteiger partial charge in [-0.25, -0.2) is 0 Å². The third kappa shape index (κ3) is 4.93. The number of nitrogens with zero attached hydrogens (tertiary/aromatic N) is 4. The molecule has 1 saturated carbocycles. The third-order valence-electron chi connectivity index (χ3n) is 6.64. The molecule has 3 aliphatic rings. The molecule has 1 unspecified atom stereocenters. The van der Waals surface area contributed by atoms with Gasteiger partial charge in [0, 0.05) is 58.0 Å². The van der Waals surface area contributed by atoms with Gasteiger partial charge in [0.2, 0.25) is 0 Å². The van der Waals surface area contributed by atoms with Gasteiger partial charge in [0.1, 0.15) is 0 Å². The van der Waals surface area contributed by atoms with Crippen LogP contribution in [0.4, 0.5) is 5.69 Å². The molecule has 0 bridgehead atoms. The first-order valence-corrected chi connectivity index (χ1v) is 10.7. The van der Waals surface area contributed by atoms with Crippen LogP contribution in [0, 0.1) is 19.8 Å². The SMILES string of the molecule is CN=C(NCC1CCN(C2CC2)C1)N1CCN(c2cccc(C)c2C)CC1.I. The molecule has 4 rings (SSSR count). The Kier molecular flexibility index (Phi) is 7.48. The van der Waals surface area contributed by atoms with E-state index in [1.807, 2.05) is 7.05 Å². The second kappa shape index (κ2) is 9.65. The second-order valence-electron chi connectivity index (χ2n) is 8.50. The molecule has 1 aromatic carbocycles. The van der Waals surface area contributed by atoms with Gasteiger partial charge in [0.15, 0.2) is 5.96 Å². The lowest BCUT2D eigenvalue weighted by molar-refractivity contribution is 0.312. The number of benzene rings is 1. The van der Waals surface area contributed by atoms with Gasteiger partial charge in [-0.05, 0) is 62.8 Å². The number of nitrogens with one attached hydrogen (secondary N) is 1. The minimum Gasteiger partial charge on any atom is -0.368 e. The molecule has 0 aromatic heterocycles. The largest absolute Gasteiger partial charge is 0.368 e. The number of anilines is 1. The van der Waals surface area contributed by atoms with Crippen molar-refractivity contribution >= 4 is 35.6 Å². The number of hydrogen-bond acceptors (Lipinski definition) is 3. The molecule has 0 radical (unpaired) electrons. The van der Waals surface area contributed by atoms with Crippen LogP contribution in [0.15, 0.2) is 23.2 Å². The Morgan fingerprint density at radius 3 is 2.50 bits per heavy atom. The summed E-state index contributed by atoms with van der Waals surface area (Å²) in [4.78, 5) is 12.2. The third-order valence-corrected chi connectivity index (χ3v) is 6.64. The zero-order chi connectivity index (χ0) is 18.8. The molecule has 1 atom stereocenters. The van der Waals surface area contributed by atoms with Crippen molar-refractivity contribution in [3.8, 4) is 0 Å². The summed E-state index contributed by atoms with van der Waals surface area (Å²) in [5.41, 5.74) is 4.18. The summed E-state index contributed by atoms with van der Waals surface area (Å²) in [5.74, 6) is 1.86. The lowest BCUT2D eigenvalue weighted by atomic mass is 10.1. The average molecular weight is 497 g/mol. The summed E-state index contributed by atoms with van der Waals surface area (Å²) in [6.45, 7) is 12.3. The maximum atomic E-state index is 4.57. The fraction of sp³-hybridized carbons (Fsp3) is 0.682. The predicted molar refractivity (Wildman–Crippen MR) is 129 cm³/mol. The number of aryl methyl sites for hydroxylation is 1. The molecule has 156 valence electrons. The molecule has 2 aliphatic heterocycles. The number of halogens is 1. The topological polar surface area (TPSA) is 34.1 Å². The maximum Gasteiger partial charge on any atom is 0.193 e. The quantitative estimate of drug-likeness (QED) is 0.394. The molecule has 5 nitrogen and oxygen atoms in total. The van der Waals surface area contributed by atoms with Crippen LogP contribution >= 0.6 is 24.0 Å². The Balaban J connectivity index is 0.00000225. The van der Waals surface area contributed by atoms with Crippen LogP contribution in [-0.2, 0) is 0 Å². The Labute approximate surface area is 187 Å². The highest BCUT2D eigenvalue weighted by atomic mass is 127. The molecule has 2 heterocycles. The van der Waals surface area contributed by atoms with E-state index in [9.17, 15) is 0 Å². The number of piperazine rings is 1. The normalized spacial score (nSPS) is 23.7. The molecule has 0 amide bonds. The van der Waals surface area contributed by atoms with E-state index < -0.39 is 0 Å². The van der Waals surface area contributed by atoms with Crippen LogP contribution in [0.5, 0.6) is 0 Å². The molecule has 6 heteroatoms. The minimum absolute atomic E-state index is 0. The van der Waals surface area contributed by atoms with E-state index in [0.29, 0.717) is 0 Å². The Morgan fingerprint density at radius 2 is 1.82 bits per heavy atom. The number of likely N-dealkylation sites (tertiary alicyclic amines) is 1. The van der Waals surface area contributed by atoms with Crippen molar-refractivity contribution in [2.45, 2.75) is 39.2 Å². The smallest absolute Gasteiger partial charge is 0.193 e. The lowest BCUT2D eigenvalue weighted by Gasteiger charge is -2.38. The number of guanidine groups is 1. The Bertz CT molecular complexity index is 680. The molecule has 3 fully saturated rings. The summed E-state index contributed by atoms with van der Waals surface area (Å²) in [7, 11) is 1.92. The van der Waals surface area contributed by atoms with Crippen LogP contribution < -0.4 is 10.2 Å². The number of hydrogen-bond donors (Lipinski definition) is 1. The van der Waals surface area contributed by atoms with E-state index in [1.165, 1.54) is 49.2 Å². The summed E-state index contributed by atoms with van der Waals surface area (Å²) in [6, 6.07) is 7.55. The van der Waals surface area contributed by atoms with Gasteiger partial charge < -0.3 is 20.0 Å². The maximum absolute atomic E-state index is 4.57. The van der Waals surface area contributed by atoms with Crippen LogP contribution in [0.2, 0.25) is 0 Å². The van der Waals surface area contributed by atoms with E-state index in [2.05, 4.69) is 57.1 Å². The van der Waals surface area contributed by atoms with Crippen LogP contribution in [0.25, 0.3) is 0 Å². The van der Waals surface area contributed by atoms with E-state index >= 15 is 0 Å². The van der Waals surface area contributed by atoms with Gasteiger partial charge >= 0.3 is 0 Å². The second-order valence-corrected chi connectivity index (χ2v) is 8.50. The fourth-order valence-electron chi connectivity index (χ4n) is 4.61. The lowest BCUT2D eigenvalue weighted by Crippen LogP contribution is -2.53. The van der Waals surface area contributed by atoms with Gasteiger partial charge in [-0.2, -0.15) is 0 Å². The highest BCUT2D eigenvalue weighted by Crippen LogP contribution is 2.31. The molecule has 1 aromatic rings. The highest BCUT2D eigenvalue weighted by Gasteiger charge is 2.34. The predicted octanol–water partition coefficient (Wildman–Crippen LogP) is 3.10. The standard InChI is InChI=1S/C22H35N5.HI/c1-17-5-4-6-21(18(17)2)25-11-13-26(14-12-25)22(23-3)24-15-19-9-10-27(16-19)20-7-8-20;/h4-6,19-20H,7-16H2,1-3H3,(H,23,24);1H. The van der Waals surface area contributed by atoms with Crippen molar-refractivity contribution in [2.24, 2.45) is 10.9 Å². The summed E-state index contributed by atoms with van der Waals surface area (Å²) in [5, 5.41) is 3.67. The first-order valence-electron chi connectivity index (χ1n) is 10.7. The zero-order valence-corrected chi connectivity index (χ0v) is 20.0. The van der Waals surface area contributed by atoms with Crippen molar-refractivity contribution in [2.75, 3.05) is 57.8 Å². The molecule has 0 spiro atoms. The van der Waals surface area contributed by atoms with Crippen molar-refractivity contribution in [3.63, 3.8) is 0 Å². The first kappa shape index (κ1) is 21.7. The van der Waals surface area contributed by atoms with E-state index in [-0.39, 0.29) is 24.0 Å². The minimum atomic E-state index is 0. The first-order chi connectivity index (χ1) is 13.2. The Hall–Kier alpha value is -1.02. The highest BCUT2D eigenvalue weighted by molar-refractivity contribution is 14.0. The molecular weight excluding hydrogens is 461 g/mol. The van der Waals surface area contributed by atoms with E-state index in [0.717, 1.165) is 50.6 Å². The van der Waals surface area contributed by atoms with Gasteiger partial charge in [-0.1, -0.05) is 12.1 Å². The van der Waals surface area contributed by atoms with Gasteiger partial charge in [0.05, 0.1) is 0 Å². The van der Waals surface area contributed by atoms with Crippen molar-refractivity contribution < 1.29 is 0 Å². The van der Waals surface area contributed by atoms with Crippen molar-refractivity contribution in [1.82, 2.24) is 15.1 Å². The number of aliphatic imine (C=N–C) groups is 1. The Morgan fingerprint density at radius 1 is 1.07 bits per heavy atom. The van der Waals surface area contributed by atoms with Crippen molar-refractivity contribution in [3.05, 3.63) is 29.3 Å².